The molecule has 1 atom stereocenters. The number of hydrogen-bond acceptors (Lipinski definition) is 3. The Kier molecular flexibility index (Phi) is 6.41. The fourth-order valence-electron chi connectivity index (χ4n) is 1.53. The first-order valence-electron chi connectivity index (χ1n) is 6.11. The summed E-state index contributed by atoms with van der Waals surface area (Å²) in [5.41, 5.74) is 0.0369. The average Bonchev–Trinajstić information content (AvgIpc) is 2.40. The first-order valence-corrected chi connectivity index (χ1v) is 6.49. The summed E-state index contributed by atoms with van der Waals surface area (Å²) in [6.45, 7) is 1.74. The van der Waals surface area contributed by atoms with Crippen LogP contribution in [0, 0.1) is 5.82 Å². The Hall–Kier alpha value is -1.66. The number of carbonyl (C=O) groups excluding carboxylic acids is 2. The molecule has 3 N–H and O–H groups in total. The van der Waals surface area contributed by atoms with Crippen molar-refractivity contribution in [3.8, 4) is 0 Å². The van der Waals surface area contributed by atoms with Gasteiger partial charge in [0.2, 0.25) is 0 Å². The molecule has 0 saturated carbocycles. The third kappa shape index (κ3) is 5.14. The zero-order valence-electron chi connectivity index (χ0n) is 11.0. The van der Waals surface area contributed by atoms with E-state index in [0.29, 0.717) is 12.8 Å². The number of carbonyl (C=O) groups is 2. The summed E-state index contributed by atoms with van der Waals surface area (Å²) in [5, 5.41) is 13.5. The molecule has 0 aliphatic heterocycles. The van der Waals surface area contributed by atoms with Crippen LogP contribution in [0.3, 0.4) is 0 Å². The van der Waals surface area contributed by atoms with Crippen molar-refractivity contribution in [2.75, 3.05) is 11.9 Å². The van der Waals surface area contributed by atoms with Gasteiger partial charge in [0.15, 0.2) is 0 Å². The van der Waals surface area contributed by atoms with Crippen LogP contribution in [0.1, 0.15) is 19.8 Å². The van der Waals surface area contributed by atoms with E-state index in [4.69, 9.17) is 16.7 Å². The van der Waals surface area contributed by atoms with Crippen LogP contribution in [0.5, 0.6) is 0 Å². The van der Waals surface area contributed by atoms with E-state index in [0.717, 1.165) is 12.1 Å². The van der Waals surface area contributed by atoms with Crippen LogP contribution in [0.4, 0.5) is 10.1 Å². The molecule has 0 spiro atoms. The van der Waals surface area contributed by atoms with Crippen LogP contribution in [-0.4, -0.2) is 29.6 Å². The molecule has 20 heavy (non-hydrogen) atoms. The Morgan fingerprint density at radius 3 is 2.75 bits per heavy atom. The van der Waals surface area contributed by atoms with Crippen molar-refractivity contribution < 1.29 is 19.1 Å². The second kappa shape index (κ2) is 7.81. The molecule has 0 fully saturated rings. The monoisotopic (exact) mass is 302 g/mol. The fraction of sp³-hybridized carbons (Fsp3) is 0.385. The molecule has 0 aliphatic carbocycles. The number of aliphatic hydroxyl groups is 1. The topological polar surface area (TPSA) is 78.4 Å². The van der Waals surface area contributed by atoms with E-state index in [1.54, 1.807) is 6.92 Å². The lowest BCUT2D eigenvalue weighted by atomic mass is 10.2. The molecule has 7 heteroatoms. The lowest BCUT2D eigenvalue weighted by Crippen LogP contribution is -2.40. The average molecular weight is 303 g/mol. The number of aliphatic hydroxyl groups excluding tert-OH is 1. The van der Waals surface area contributed by atoms with Crippen molar-refractivity contribution in [2.24, 2.45) is 0 Å². The summed E-state index contributed by atoms with van der Waals surface area (Å²) in [6.07, 6.45) is 1.08. The first kappa shape index (κ1) is 16.4. The van der Waals surface area contributed by atoms with E-state index in [-0.39, 0.29) is 23.4 Å². The highest BCUT2D eigenvalue weighted by atomic mass is 35.5. The Morgan fingerprint density at radius 1 is 1.40 bits per heavy atom. The summed E-state index contributed by atoms with van der Waals surface area (Å²) < 4.78 is 13.0. The highest BCUT2D eigenvalue weighted by Gasteiger charge is 2.17. The molecule has 0 bridgehead atoms. The van der Waals surface area contributed by atoms with Gasteiger partial charge in [-0.2, -0.15) is 0 Å². The van der Waals surface area contributed by atoms with Crippen molar-refractivity contribution >= 4 is 29.1 Å². The molecular weight excluding hydrogens is 287 g/mol. The maximum Gasteiger partial charge on any atom is 0.313 e. The third-order valence-electron chi connectivity index (χ3n) is 2.56. The van der Waals surface area contributed by atoms with Gasteiger partial charge < -0.3 is 15.7 Å². The van der Waals surface area contributed by atoms with Crippen molar-refractivity contribution in [2.45, 2.75) is 25.8 Å². The molecule has 1 unspecified atom stereocenters. The minimum absolute atomic E-state index is 0.0192. The van der Waals surface area contributed by atoms with E-state index in [1.807, 2.05) is 0 Å². The molecule has 0 heterocycles. The lowest BCUT2D eigenvalue weighted by molar-refractivity contribution is -0.136. The SMILES string of the molecule is CC(CCCO)NC(=O)C(=O)Nc1cc(F)ccc1Cl. The zero-order valence-corrected chi connectivity index (χ0v) is 11.7. The molecule has 0 aliphatic rings. The Morgan fingerprint density at radius 2 is 2.10 bits per heavy atom. The summed E-state index contributed by atoms with van der Waals surface area (Å²) in [4.78, 5) is 23.2. The highest BCUT2D eigenvalue weighted by Crippen LogP contribution is 2.22. The van der Waals surface area contributed by atoms with E-state index in [9.17, 15) is 14.0 Å². The largest absolute Gasteiger partial charge is 0.396 e. The smallest absolute Gasteiger partial charge is 0.313 e. The second-order valence-electron chi connectivity index (χ2n) is 4.32. The van der Waals surface area contributed by atoms with Gasteiger partial charge in [0.1, 0.15) is 5.82 Å². The van der Waals surface area contributed by atoms with Gasteiger partial charge in [0.25, 0.3) is 0 Å². The third-order valence-corrected chi connectivity index (χ3v) is 2.89. The van der Waals surface area contributed by atoms with Gasteiger partial charge >= 0.3 is 11.8 Å². The minimum atomic E-state index is -0.923. The van der Waals surface area contributed by atoms with Crippen LogP contribution in [0.25, 0.3) is 0 Å². The van der Waals surface area contributed by atoms with Gasteiger partial charge in [0, 0.05) is 12.6 Å². The molecule has 1 rings (SSSR count). The van der Waals surface area contributed by atoms with Crippen molar-refractivity contribution in [3.63, 3.8) is 0 Å². The van der Waals surface area contributed by atoms with Crippen LogP contribution in [0.2, 0.25) is 5.02 Å². The van der Waals surface area contributed by atoms with Crippen molar-refractivity contribution in [1.82, 2.24) is 5.32 Å². The van der Waals surface area contributed by atoms with E-state index < -0.39 is 17.6 Å². The number of halogens is 2. The van der Waals surface area contributed by atoms with Gasteiger partial charge in [-0.15, -0.1) is 0 Å². The van der Waals surface area contributed by atoms with Crippen LogP contribution in [-0.2, 0) is 9.59 Å². The van der Waals surface area contributed by atoms with Gasteiger partial charge in [0.05, 0.1) is 10.7 Å². The van der Waals surface area contributed by atoms with Gasteiger partial charge in [-0.1, -0.05) is 11.6 Å². The number of anilines is 1. The van der Waals surface area contributed by atoms with Gasteiger partial charge in [-0.25, -0.2) is 4.39 Å². The Balaban J connectivity index is 2.57. The number of rotatable bonds is 5. The van der Waals surface area contributed by atoms with Crippen LogP contribution in [0.15, 0.2) is 18.2 Å². The van der Waals surface area contributed by atoms with Gasteiger partial charge in [-0.3, -0.25) is 9.59 Å². The molecule has 0 radical (unpaired) electrons. The molecule has 0 saturated heterocycles. The number of nitrogens with one attached hydrogen (secondary N) is 2. The maximum absolute atomic E-state index is 13.0. The molecule has 0 aromatic heterocycles. The van der Waals surface area contributed by atoms with Crippen LogP contribution < -0.4 is 10.6 Å². The molecule has 2 amide bonds. The van der Waals surface area contributed by atoms with E-state index in [1.165, 1.54) is 6.07 Å². The standard InChI is InChI=1S/C13H16ClFN2O3/c1-8(3-2-6-18)16-12(19)13(20)17-11-7-9(15)4-5-10(11)14/h4-5,7-8,18H,2-3,6H2,1H3,(H,16,19)(H,17,20). The molecule has 1 aromatic carbocycles. The Labute approximate surface area is 121 Å². The van der Waals surface area contributed by atoms with Crippen molar-refractivity contribution in [3.05, 3.63) is 29.0 Å². The fourth-order valence-corrected chi connectivity index (χ4v) is 1.70. The maximum atomic E-state index is 13.0. The first-order chi connectivity index (χ1) is 9.43. The summed E-state index contributed by atoms with van der Waals surface area (Å²) in [6, 6.07) is 3.22. The molecule has 1 aromatic rings. The highest BCUT2D eigenvalue weighted by molar-refractivity contribution is 6.41. The Bertz CT molecular complexity index is 497. The minimum Gasteiger partial charge on any atom is -0.396 e. The summed E-state index contributed by atoms with van der Waals surface area (Å²) in [5.74, 6) is -2.33. The molecular formula is C13H16ClFN2O3. The normalized spacial score (nSPS) is 11.8. The van der Waals surface area contributed by atoms with E-state index in [2.05, 4.69) is 10.6 Å². The lowest BCUT2D eigenvalue weighted by Gasteiger charge is -2.13. The summed E-state index contributed by atoms with van der Waals surface area (Å²) in [7, 11) is 0. The number of hydrogen-bond donors (Lipinski definition) is 3. The van der Waals surface area contributed by atoms with Crippen molar-refractivity contribution in [1.29, 1.82) is 0 Å². The number of benzene rings is 1. The van der Waals surface area contributed by atoms with E-state index >= 15 is 0 Å². The second-order valence-corrected chi connectivity index (χ2v) is 4.73. The quantitative estimate of drug-likeness (QED) is 0.724. The molecule has 5 nitrogen and oxygen atoms in total. The van der Waals surface area contributed by atoms with Gasteiger partial charge in [-0.05, 0) is 38.0 Å². The predicted molar refractivity (Wildman–Crippen MR) is 74.0 cm³/mol. The van der Waals surface area contributed by atoms with Crippen LogP contribution >= 0.6 is 11.6 Å². The predicted octanol–water partition coefficient (Wildman–Crippen LogP) is 1.69. The molecule has 110 valence electrons. The number of amides is 2. The zero-order chi connectivity index (χ0) is 15.1. The summed E-state index contributed by atoms with van der Waals surface area (Å²) >= 11 is 5.78.